The van der Waals surface area contributed by atoms with E-state index in [0.717, 1.165) is 0 Å². The summed E-state index contributed by atoms with van der Waals surface area (Å²) >= 11 is 0. The average molecular weight is 450 g/mol. The topological polar surface area (TPSA) is 12.0 Å². The van der Waals surface area contributed by atoms with Gasteiger partial charge in [-0.15, -0.1) is 0 Å². The predicted octanol–water partition coefficient (Wildman–Crippen LogP) is 7.82. The monoisotopic (exact) mass is 449 g/mol. The number of benzene rings is 5. The molecular weight excluding hydrogens is 422 g/mol. The van der Waals surface area contributed by atoms with Crippen molar-refractivity contribution in [3.8, 4) is 11.1 Å². The smallest absolute Gasteiger partial charge is 0.0496 e. The van der Waals surface area contributed by atoms with Gasteiger partial charge in [-0.1, -0.05) is 140 Å². The zero-order valence-electron chi connectivity index (χ0n) is 19.5. The highest BCUT2D eigenvalue weighted by atomic mass is 15.1. The van der Waals surface area contributed by atoms with Gasteiger partial charge in [0.1, 0.15) is 0 Å². The largest absolute Gasteiger partial charge is 0.301 e. The summed E-state index contributed by atoms with van der Waals surface area (Å²) in [4.78, 5) is 0. The van der Waals surface area contributed by atoms with Crippen LogP contribution in [0.4, 0.5) is 0 Å². The van der Waals surface area contributed by atoms with E-state index < -0.39 is 0 Å². The van der Waals surface area contributed by atoms with Crippen molar-refractivity contribution < 1.29 is 0 Å². The summed E-state index contributed by atoms with van der Waals surface area (Å²) < 4.78 is 0. The lowest BCUT2D eigenvalue weighted by Gasteiger charge is -2.40. The van der Waals surface area contributed by atoms with Gasteiger partial charge in [-0.2, -0.15) is 0 Å². The Kier molecular flexibility index (Phi) is 4.72. The maximum absolute atomic E-state index is 4.19. The highest BCUT2D eigenvalue weighted by Crippen LogP contribution is 2.67. The minimum Gasteiger partial charge on any atom is -0.301 e. The molecule has 3 atom stereocenters. The molecule has 1 aliphatic carbocycles. The minimum absolute atomic E-state index is 0.129. The normalized spacial score (nSPS) is 21.5. The summed E-state index contributed by atoms with van der Waals surface area (Å²) in [5.74, 6) is 0.223. The molecule has 7 rings (SSSR count). The summed E-state index contributed by atoms with van der Waals surface area (Å²) in [6, 6.07) is 51.6. The summed E-state index contributed by atoms with van der Waals surface area (Å²) in [6.07, 6.45) is 0. The fourth-order valence-corrected chi connectivity index (χ4v) is 6.87. The van der Waals surface area contributed by atoms with Gasteiger partial charge in [0.15, 0.2) is 0 Å². The summed E-state index contributed by atoms with van der Waals surface area (Å²) in [6.45, 7) is 0. The second-order valence-corrected chi connectivity index (χ2v) is 9.75. The molecule has 1 heterocycles. The number of hydrogen-bond acceptors (Lipinski definition) is 1. The SMILES string of the molecule is c1ccc([C@@H]2[C@H](c3ccccc3)N[C@@H](c3ccccc3)C23c2ccccc2-c2ccccc23)cc1. The summed E-state index contributed by atoms with van der Waals surface area (Å²) in [5, 5.41) is 4.19. The standard InChI is InChI=1S/C34H27N/c1-4-14-24(15-5-1)31-32(25-16-6-2-7-17-25)35-33(26-18-8-3-9-19-26)34(31)29-22-12-10-20-27(29)28-21-11-13-23-30(28)34/h1-23,31-33,35H/t31-,32+,33+/m1/s1. The fraction of sp³-hybridized carbons (Fsp3) is 0.118. The van der Waals surface area contributed by atoms with Crippen LogP contribution in [-0.2, 0) is 5.41 Å². The third-order valence-corrected chi connectivity index (χ3v) is 8.11. The number of fused-ring (bicyclic) bond motifs is 5. The molecule has 168 valence electrons. The molecule has 1 spiro atoms. The van der Waals surface area contributed by atoms with Gasteiger partial charge in [0, 0.05) is 23.4 Å². The molecule has 1 saturated heterocycles. The van der Waals surface area contributed by atoms with Crippen molar-refractivity contribution in [2.75, 3.05) is 0 Å². The Balaban J connectivity index is 1.60. The molecule has 2 aliphatic rings. The Hall–Kier alpha value is -3.94. The highest BCUT2D eigenvalue weighted by Gasteiger charge is 2.61. The van der Waals surface area contributed by atoms with Crippen LogP contribution in [0.3, 0.4) is 0 Å². The molecule has 5 aromatic carbocycles. The molecule has 1 nitrogen and oxygen atoms in total. The van der Waals surface area contributed by atoms with Gasteiger partial charge in [-0.05, 0) is 38.9 Å². The molecule has 0 bridgehead atoms. The average Bonchev–Trinajstić information content (AvgIpc) is 3.45. The Morgan fingerprint density at radius 3 is 1.40 bits per heavy atom. The Bertz CT molecular complexity index is 1430. The quantitative estimate of drug-likeness (QED) is 0.296. The van der Waals surface area contributed by atoms with E-state index in [1.54, 1.807) is 0 Å². The summed E-state index contributed by atoms with van der Waals surface area (Å²) in [5.41, 5.74) is 9.37. The molecule has 1 fully saturated rings. The molecule has 35 heavy (non-hydrogen) atoms. The molecule has 0 radical (unpaired) electrons. The Morgan fingerprint density at radius 1 is 0.429 bits per heavy atom. The fourth-order valence-electron chi connectivity index (χ4n) is 6.87. The number of hydrogen-bond donors (Lipinski definition) is 1. The van der Waals surface area contributed by atoms with Crippen molar-refractivity contribution in [2.45, 2.75) is 23.4 Å². The lowest BCUT2D eigenvalue weighted by molar-refractivity contribution is 0.420. The third kappa shape index (κ3) is 2.92. The summed E-state index contributed by atoms with van der Waals surface area (Å²) in [7, 11) is 0. The third-order valence-electron chi connectivity index (χ3n) is 8.11. The zero-order chi connectivity index (χ0) is 23.2. The van der Waals surface area contributed by atoms with Gasteiger partial charge in [0.2, 0.25) is 0 Å². The second-order valence-electron chi connectivity index (χ2n) is 9.75. The van der Waals surface area contributed by atoms with Gasteiger partial charge in [-0.25, -0.2) is 0 Å². The second kappa shape index (κ2) is 8.08. The van der Waals surface area contributed by atoms with E-state index in [0.29, 0.717) is 0 Å². The van der Waals surface area contributed by atoms with Crippen molar-refractivity contribution >= 4 is 0 Å². The molecule has 0 saturated carbocycles. The molecule has 5 aromatic rings. The van der Waals surface area contributed by atoms with Crippen molar-refractivity contribution in [3.05, 3.63) is 167 Å². The van der Waals surface area contributed by atoms with Crippen LogP contribution in [0.5, 0.6) is 0 Å². The van der Waals surface area contributed by atoms with Crippen LogP contribution in [0.1, 0.15) is 45.8 Å². The van der Waals surface area contributed by atoms with Crippen LogP contribution >= 0.6 is 0 Å². The van der Waals surface area contributed by atoms with Crippen LogP contribution in [0, 0.1) is 0 Å². The highest BCUT2D eigenvalue weighted by molar-refractivity contribution is 5.83. The van der Waals surface area contributed by atoms with E-state index in [1.807, 2.05) is 0 Å². The van der Waals surface area contributed by atoms with Gasteiger partial charge in [0.25, 0.3) is 0 Å². The van der Waals surface area contributed by atoms with Crippen LogP contribution in [0.15, 0.2) is 140 Å². The Morgan fingerprint density at radius 2 is 0.857 bits per heavy atom. The van der Waals surface area contributed by atoms with Gasteiger partial charge >= 0.3 is 0 Å². The number of nitrogens with one attached hydrogen (secondary N) is 1. The van der Waals surface area contributed by atoms with E-state index in [9.17, 15) is 0 Å². The van der Waals surface area contributed by atoms with E-state index in [1.165, 1.54) is 38.9 Å². The molecular formula is C34H27N. The van der Waals surface area contributed by atoms with Crippen LogP contribution in [-0.4, -0.2) is 0 Å². The first kappa shape index (κ1) is 20.4. The molecule has 1 N–H and O–H groups in total. The van der Waals surface area contributed by atoms with Crippen molar-refractivity contribution in [1.82, 2.24) is 5.32 Å². The van der Waals surface area contributed by atoms with Crippen LogP contribution < -0.4 is 5.32 Å². The number of rotatable bonds is 3. The van der Waals surface area contributed by atoms with Gasteiger partial charge < -0.3 is 5.32 Å². The first-order valence-electron chi connectivity index (χ1n) is 12.5. The Labute approximate surface area is 207 Å². The van der Waals surface area contributed by atoms with E-state index >= 15 is 0 Å². The maximum Gasteiger partial charge on any atom is 0.0496 e. The predicted molar refractivity (Wildman–Crippen MR) is 143 cm³/mol. The first-order chi connectivity index (χ1) is 17.4. The first-order valence-corrected chi connectivity index (χ1v) is 12.5. The van der Waals surface area contributed by atoms with Crippen LogP contribution in [0.25, 0.3) is 11.1 Å². The van der Waals surface area contributed by atoms with E-state index in [-0.39, 0.29) is 23.4 Å². The van der Waals surface area contributed by atoms with Gasteiger partial charge in [-0.3, -0.25) is 0 Å². The van der Waals surface area contributed by atoms with E-state index in [2.05, 4.69) is 145 Å². The molecule has 0 unspecified atom stereocenters. The zero-order valence-corrected chi connectivity index (χ0v) is 19.5. The lowest BCUT2D eigenvalue weighted by Crippen LogP contribution is -2.36. The van der Waals surface area contributed by atoms with E-state index in [4.69, 9.17) is 0 Å². The molecule has 0 aromatic heterocycles. The van der Waals surface area contributed by atoms with Crippen molar-refractivity contribution in [3.63, 3.8) is 0 Å². The van der Waals surface area contributed by atoms with Gasteiger partial charge in [0.05, 0.1) is 0 Å². The van der Waals surface area contributed by atoms with Crippen molar-refractivity contribution in [2.24, 2.45) is 0 Å². The molecule has 0 amide bonds. The van der Waals surface area contributed by atoms with Crippen LogP contribution in [0.2, 0.25) is 0 Å². The lowest BCUT2D eigenvalue weighted by atomic mass is 9.61. The van der Waals surface area contributed by atoms with Crippen molar-refractivity contribution in [1.29, 1.82) is 0 Å². The maximum atomic E-state index is 4.19. The minimum atomic E-state index is -0.240. The molecule has 1 heteroatoms. The molecule has 1 aliphatic heterocycles.